The lowest BCUT2D eigenvalue weighted by Gasteiger charge is -2.10. The summed E-state index contributed by atoms with van der Waals surface area (Å²) in [5, 5.41) is 14.5. The van der Waals surface area contributed by atoms with Crippen LogP contribution in [0.2, 0.25) is 0 Å². The van der Waals surface area contributed by atoms with Crippen molar-refractivity contribution in [3.8, 4) is 12.3 Å². The molecule has 0 saturated heterocycles. The Morgan fingerprint density at radius 2 is 2.50 bits per heavy atom. The van der Waals surface area contributed by atoms with Crippen LogP contribution in [0.4, 0.5) is 0 Å². The van der Waals surface area contributed by atoms with Gasteiger partial charge in [0.15, 0.2) is 0 Å². The molecule has 0 fully saturated rings. The number of nitrogens with zero attached hydrogens (tertiary/aromatic N) is 1. The molecular weight excluding hydrogens is 198 g/mol. The molecule has 0 aliphatic rings. The smallest absolute Gasteiger partial charge is 0.143 e. The number of thioether (sulfide) groups is 1. The molecule has 0 spiro atoms. The van der Waals surface area contributed by atoms with Crippen molar-refractivity contribution in [2.24, 2.45) is 16.8 Å². The second-order valence-corrected chi connectivity index (χ2v) is 3.99. The predicted octanol–water partition coefficient (Wildman–Crippen LogP) is 0.325. The van der Waals surface area contributed by atoms with Crippen molar-refractivity contribution in [3.05, 3.63) is 0 Å². The van der Waals surface area contributed by atoms with E-state index in [1.807, 2.05) is 6.92 Å². The summed E-state index contributed by atoms with van der Waals surface area (Å²) in [5.41, 5.74) is 5.41. The average molecular weight is 215 g/mol. The Hall–Kier alpha value is -0.860. The summed E-state index contributed by atoms with van der Waals surface area (Å²) in [5.74, 6) is 4.60. The van der Waals surface area contributed by atoms with Gasteiger partial charge in [0.25, 0.3) is 0 Å². The maximum absolute atomic E-state index is 8.39. The van der Waals surface area contributed by atoms with E-state index in [0.29, 0.717) is 6.54 Å². The van der Waals surface area contributed by atoms with Gasteiger partial charge >= 0.3 is 0 Å². The molecule has 0 rings (SSSR count). The molecule has 1 unspecified atom stereocenters. The Bertz CT molecular complexity index is 213. The molecule has 0 heterocycles. The first-order valence-corrected chi connectivity index (χ1v) is 5.57. The molecule has 0 saturated carbocycles. The van der Waals surface area contributed by atoms with Gasteiger partial charge in [0.05, 0.1) is 5.75 Å². The zero-order chi connectivity index (χ0) is 10.8. The number of nitrogens with one attached hydrogen (secondary N) is 1. The maximum atomic E-state index is 8.39. The number of hydrogen-bond donors (Lipinski definition) is 3. The average Bonchev–Trinajstić information content (AvgIpc) is 2.21. The molecule has 0 aliphatic heterocycles. The number of hydrogen-bond acceptors (Lipinski definition) is 4. The van der Waals surface area contributed by atoms with E-state index < -0.39 is 0 Å². The SMILES string of the molecule is C#CCSCCNCC(C)C(N)=NO. The van der Waals surface area contributed by atoms with Gasteiger partial charge in [-0.1, -0.05) is 18.0 Å². The molecule has 4 nitrogen and oxygen atoms in total. The molecule has 80 valence electrons. The van der Waals surface area contributed by atoms with Crippen LogP contribution in [0.25, 0.3) is 0 Å². The molecule has 0 aromatic rings. The van der Waals surface area contributed by atoms with E-state index in [2.05, 4.69) is 16.4 Å². The normalized spacial score (nSPS) is 13.6. The van der Waals surface area contributed by atoms with Gasteiger partial charge in [-0.15, -0.1) is 18.2 Å². The van der Waals surface area contributed by atoms with Crippen molar-refractivity contribution in [2.45, 2.75) is 6.92 Å². The van der Waals surface area contributed by atoms with Crippen molar-refractivity contribution in [2.75, 3.05) is 24.6 Å². The first kappa shape index (κ1) is 13.1. The molecule has 0 aliphatic carbocycles. The Kier molecular flexibility index (Phi) is 8.19. The topological polar surface area (TPSA) is 70.6 Å². The van der Waals surface area contributed by atoms with Crippen molar-refractivity contribution in [3.63, 3.8) is 0 Å². The van der Waals surface area contributed by atoms with Crippen molar-refractivity contribution in [1.29, 1.82) is 0 Å². The fourth-order valence-electron chi connectivity index (χ4n) is 0.797. The third-order valence-corrected chi connectivity index (χ3v) is 2.54. The largest absolute Gasteiger partial charge is 0.409 e. The van der Waals surface area contributed by atoms with Crippen LogP contribution in [0.15, 0.2) is 5.16 Å². The van der Waals surface area contributed by atoms with Crippen LogP contribution in [-0.4, -0.2) is 35.6 Å². The van der Waals surface area contributed by atoms with Gasteiger partial charge in [-0.05, 0) is 0 Å². The summed E-state index contributed by atoms with van der Waals surface area (Å²) >= 11 is 1.71. The van der Waals surface area contributed by atoms with Gasteiger partial charge in [0.1, 0.15) is 5.84 Å². The van der Waals surface area contributed by atoms with E-state index in [-0.39, 0.29) is 11.8 Å². The second kappa shape index (κ2) is 8.73. The lowest BCUT2D eigenvalue weighted by Crippen LogP contribution is -2.32. The number of terminal acetylenes is 1. The predicted molar refractivity (Wildman–Crippen MR) is 61.6 cm³/mol. The van der Waals surface area contributed by atoms with Crippen LogP contribution in [0, 0.1) is 18.3 Å². The van der Waals surface area contributed by atoms with Crippen molar-refractivity contribution < 1.29 is 5.21 Å². The number of amidine groups is 1. The summed E-state index contributed by atoms with van der Waals surface area (Å²) < 4.78 is 0. The fraction of sp³-hybridized carbons (Fsp3) is 0.667. The molecular formula is C9H17N3OS. The lowest BCUT2D eigenvalue weighted by atomic mass is 10.1. The van der Waals surface area contributed by atoms with Crippen molar-refractivity contribution >= 4 is 17.6 Å². The quantitative estimate of drug-likeness (QED) is 0.143. The van der Waals surface area contributed by atoms with Crippen LogP contribution >= 0.6 is 11.8 Å². The second-order valence-electron chi connectivity index (χ2n) is 2.89. The zero-order valence-electron chi connectivity index (χ0n) is 8.36. The third-order valence-electron chi connectivity index (χ3n) is 1.68. The van der Waals surface area contributed by atoms with Gasteiger partial charge in [-0.2, -0.15) is 0 Å². The maximum Gasteiger partial charge on any atom is 0.143 e. The molecule has 0 amide bonds. The third kappa shape index (κ3) is 6.63. The highest BCUT2D eigenvalue weighted by Crippen LogP contribution is 1.96. The molecule has 0 aromatic carbocycles. The van der Waals surface area contributed by atoms with Gasteiger partial charge in [-0.25, -0.2) is 0 Å². The van der Waals surface area contributed by atoms with Gasteiger partial charge in [-0.3, -0.25) is 0 Å². The first-order chi connectivity index (χ1) is 6.72. The Morgan fingerprint density at radius 1 is 1.79 bits per heavy atom. The Balaban J connectivity index is 3.33. The minimum absolute atomic E-state index is 0.0534. The van der Waals surface area contributed by atoms with E-state index in [4.69, 9.17) is 17.4 Å². The zero-order valence-corrected chi connectivity index (χ0v) is 9.18. The molecule has 0 bridgehead atoms. The van der Waals surface area contributed by atoms with Crippen molar-refractivity contribution in [1.82, 2.24) is 5.32 Å². The highest BCUT2D eigenvalue weighted by Gasteiger charge is 2.05. The van der Waals surface area contributed by atoms with Crippen LogP contribution in [0.5, 0.6) is 0 Å². The van der Waals surface area contributed by atoms with Crippen LogP contribution in [-0.2, 0) is 0 Å². The van der Waals surface area contributed by atoms with Gasteiger partial charge < -0.3 is 16.3 Å². The van der Waals surface area contributed by atoms with Crippen LogP contribution < -0.4 is 11.1 Å². The molecule has 5 heteroatoms. The van der Waals surface area contributed by atoms with E-state index in [1.165, 1.54) is 0 Å². The minimum Gasteiger partial charge on any atom is -0.409 e. The Labute approximate surface area is 89.3 Å². The van der Waals surface area contributed by atoms with Gasteiger partial charge in [0, 0.05) is 24.8 Å². The molecule has 1 atom stereocenters. The summed E-state index contributed by atoms with van der Waals surface area (Å²) in [7, 11) is 0. The number of rotatable bonds is 7. The molecule has 0 aromatic heterocycles. The minimum atomic E-state index is 0.0534. The summed E-state index contributed by atoms with van der Waals surface area (Å²) in [6, 6.07) is 0. The number of oxime groups is 1. The monoisotopic (exact) mass is 215 g/mol. The highest BCUT2D eigenvalue weighted by molar-refractivity contribution is 7.99. The van der Waals surface area contributed by atoms with E-state index >= 15 is 0 Å². The molecule has 14 heavy (non-hydrogen) atoms. The number of nitrogens with two attached hydrogens (primary N) is 1. The van der Waals surface area contributed by atoms with Crippen LogP contribution in [0.3, 0.4) is 0 Å². The summed E-state index contributed by atoms with van der Waals surface area (Å²) in [6.07, 6.45) is 5.10. The Morgan fingerprint density at radius 3 is 3.07 bits per heavy atom. The molecule has 0 radical (unpaired) electrons. The first-order valence-electron chi connectivity index (χ1n) is 4.41. The summed E-state index contributed by atoms with van der Waals surface area (Å²) in [6.45, 7) is 3.50. The highest BCUT2D eigenvalue weighted by atomic mass is 32.2. The molecule has 4 N–H and O–H groups in total. The summed E-state index contributed by atoms with van der Waals surface area (Å²) in [4.78, 5) is 0. The lowest BCUT2D eigenvalue weighted by molar-refractivity contribution is 0.314. The van der Waals surface area contributed by atoms with Crippen LogP contribution in [0.1, 0.15) is 6.92 Å². The van der Waals surface area contributed by atoms with E-state index in [9.17, 15) is 0 Å². The van der Waals surface area contributed by atoms with E-state index in [1.54, 1.807) is 11.8 Å². The van der Waals surface area contributed by atoms with Gasteiger partial charge in [0.2, 0.25) is 0 Å². The van der Waals surface area contributed by atoms with E-state index in [0.717, 1.165) is 18.1 Å². The standard InChI is InChI=1S/C9H17N3OS/c1-3-5-14-6-4-11-7-8(2)9(10)12-13/h1,8,11,13H,4-7H2,2H3,(H2,10,12). The fourth-order valence-corrected chi connectivity index (χ4v) is 1.35.